The van der Waals surface area contributed by atoms with E-state index in [0.717, 1.165) is 0 Å². The highest BCUT2D eigenvalue weighted by Gasteiger charge is 2.19. The van der Waals surface area contributed by atoms with E-state index in [1.54, 1.807) is 12.1 Å². The molecule has 0 atom stereocenters. The van der Waals surface area contributed by atoms with Crippen molar-refractivity contribution in [2.24, 2.45) is 0 Å². The molecule has 2 aliphatic rings. The lowest BCUT2D eigenvalue weighted by Gasteiger charge is -2.12. The molecule has 0 aromatic heterocycles. The van der Waals surface area contributed by atoms with Gasteiger partial charge in [-0.05, 0) is 0 Å². The molecule has 0 bridgehead atoms. The van der Waals surface area contributed by atoms with Gasteiger partial charge in [-0.15, -0.1) is 0 Å². The summed E-state index contributed by atoms with van der Waals surface area (Å²) in [6, 6.07) is 3.50. The first-order valence-corrected chi connectivity index (χ1v) is 3.85. The van der Waals surface area contributed by atoms with Crippen molar-refractivity contribution in [2.75, 3.05) is 6.79 Å². The van der Waals surface area contributed by atoms with E-state index in [-0.39, 0.29) is 6.79 Å². The number of benzene rings is 1. The lowest BCUT2D eigenvalue weighted by Crippen LogP contribution is -1.95. The first-order valence-electron chi connectivity index (χ1n) is 3.85. The van der Waals surface area contributed by atoms with E-state index in [2.05, 4.69) is 0 Å². The van der Waals surface area contributed by atoms with Gasteiger partial charge in [0.2, 0.25) is 6.79 Å². The van der Waals surface area contributed by atoms with Crippen LogP contribution in [0.15, 0.2) is 24.7 Å². The third kappa shape index (κ3) is 0.917. The average molecular weight is 178 g/mol. The summed E-state index contributed by atoms with van der Waals surface area (Å²) < 4.78 is 20.8. The topological polar surface area (TPSA) is 36.9 Å². The normalized spacial score (nSPS) is 16.0. The zero-order valence-electron chi connectivity index (χ0n) is 6.65. The molecule has 0 amide bonds. The standard InChI is InChI=1S/C9H6O4/c1-2-11-7-4-9-8(12-5-13-9)3-6(7)10-1/h1-4H,5H2. The van der Waals surface area contributed by atoms with Crippen LogP contribution >= 0.6 is 0 Å². The van der Waals surface area contributed by atoms with E-state index in [0.29, 0.717) is 23.0 Å². The maximum atomic E-state index is 5.21. The SMILES string of the molecule is C1=COc2cc3c(cc2O1)OCO3. The molecule has 0 spiro atoms. The lowest BCUT2D eigenvalue weighted by molar-refractivity contribution is 0.174. The van der Waals surface area contributed by atoms with Gasteiger partial charge in [0.1, 0.15) is 12.5 Å². The van der Waals surface area contributed by atoms with Crippen LogP contribution in [0.1, 0.15) is 0 Å². The fourth-order valence-corrected chi connectivity index (χ4v) is 1.29. The van der Waals surface area contributed by atoms with Crippen LogP contribution in [-0.4, -0.2) is 6.79 Å². The summed E-state index contributed by atoms with van der Waals surface area (Å²) in [5, 5.41) is 0. The van der Waals surface area contributed by atoms with Crippen molar-refractivity contribution >= 4 is 0 Å². The number of fused-ring (bicyclic) bond motifs is 2. The second-order valence-electron chi connectivity index (χ2n) is 2.66. The minimum Gasteiger partial charge on any atom is -0.458 e. The molecule has 13 heavy (non-hydrogen) atoms. The Morgan fingerprint density at radius 2 is 1.31 bits per heavy atom. The number of hydrogen-bond donors (Lipinski definition) is 0. The van der Waals surface area contributed by atoms with Gasteiger partial charge in [0.15, 0.2) is 23.0 Å². The first kappa shape index (κ1) is 6.65. The number of rotatable bonds is 0. The molecular formula is C9H6O4. The van der Waals surface area contributed by atoms with Crippen LogP contribution < -0.4 is 18.9 Å². The minimum absolute atomic E-state index is 0.256. The van der Waals surface area contributed by atoms with Crippen LogP contribution in [0.5, 0.6) is 23.0 Å². The summed E-state index contributed by atoms with van der Waals surface area (Å²) in [7, 11) is 0. The Balaban J connectivity index is 2.14. The van der Waals surface area contributed by atoms with Crippen LogP contribution in [-0.2, 0) is 0 Å². The Kier molecular flexibility index (Phi) is 1.19. The van der Waals surface area contributed by atoms with E-state index in [1.165, 1.54) is 12.5 Å². The predicted molar refractivity (Wildman–Crippen MR) is 43.0 cm³/mol. The molecule has 4 nitrogen and oxygen atoms in total. The molecule has 1 aromatic carbocycles. The van der Waals surface area contributed by atoms with Gasteiger partial charge in [0.25, 0.3) is 0 Å². The van der Waals surface area contributed by atoms with Crippen LogP contribution in [0.3, 0.4) is 0 Å². The smallest absolute Gasteiger partial charge is 0.231 e. The molecule has 0 unspecified atom stereocenters. The maximum Gasteiger partial charge on any atom is 0.231 e. The third-order valence-electron chi connectivity index (χ3n) is 1.88. The van der Waals surface area contributed by atoms with Gasteiger partial charge < -0.3 is 18.9 Å². The predicted octanol–water partition coefficient (Wildman–Crippen LogP) is 1.66. The monoisotopic (exact) mass is 178 g/mol. The summed E-state index contributed by atoms with van der Waals surface area (Å²) in [6.07, 6.45) is 2.95. The molecule has 1 aromatic rings. The summed E-state index contributed by atoms with van der Waals surface area (Å²) in [5.74, 6) is 2.67. The van der Waals surface area contributed by atoms with Gasteiger partial charge >= 0.3 is 0 Å². The third-order valence-corrected chi connectivity index (χ3v) is 1.88. The van der Waals surface area contributed by atoms with Crippen molar-refractivity contribution in [3.63, 3.8) is 0 Å². The van der Waals surface area contributed by atoms with E-state index in [1.807, 2.05) is 0 Å². The fraction of sp³-hybridized carbons (Fsp3) is 0.111. The summed E-state index contributed by atoms with van der Waals surface area (Å²) in [5.41, 5.74) is 0. The van der Waals surface area contributed by atoms with Gasteiger partial charge in [-0.3, -0.25) is 0 Å². The van der Waals surface area contributed by atoms with Gasteiger partial charge in [-0.2, -0.15) is 0 Å². The van der Waals surface area contributed by atoms with Crippen LogP contribution in [0.25, 0.3) is 0 Å². The van der Waals surface area contributed by atoms with Gasteiger partial charge in [0.05, 0.1) is 0 Å². The fourth-order valence-electron chi connectivity index (χ4n) is 1.29. The van der Waals surface area contributed by atoms with Crippen molar-refractivity contribution < 1.29 is 18.9 Å². The molecular weight excluding hydrogens is 172 g/mol. The minimum atomic E-state index is 0.256. The molecule has 66 valence electrons. The molecule has 0 fully saturated rings. The van der Waals surface area contributed by atoms with Crippen molar-refractivity contribution in [1.82, 2.24) is 0 Å². The van der Waals surface area contributed by atoms with Crippen molar-refractivity contribution in [3.8, 4) is 23.0 Å². The Morgan fingerprint density at radius 1 is 0.769 bits per heavy atom. The summed E-state index contributed by atoms with van der Waals surface area (Å²) in [6.45, 7) is 0.256. The highest BCUT2D eigenvalue weighted by Crippen LogP contribution is 2.43. The van der Waals surface area contributed by atoms with Gasteiger partial charge in [-0.25, -0.2) is 0 Å². The Morgan fingerprint density at radius 3 is 1.85 bits per heavy atom. The lowest BCUT2D eigenvalue weighted by atomic mass is 10.2. The zero-order chi connectivity index (χ0) is 8.67. The average Bonchev–Trinajstić information content (AvgIpc) is 2.61. The maximum absolute atomic E-state index is 5.21. The Bertz CT molecular complexity index is 348. The molecule has 3 rings (SSSR count). The quantitative estimate of drug-likeness (QED) is 0.605. The number of hydrogen-bond acceptors (Lipinski definition) is 4. The van der Waals surface area contributed by atoms with E-state index in [9.17, 15) is 0 Å². The molecule has 0 saturated carbocycles. The summed E-state index contributed by atoms with van der Waals surface area (Å²) >= 11 is 0. The second kappa shape index (κ2) is 2.32. The molecule has 2 aliphatic heterocycles. The zero-order valence-corrected chi connectivity index (χ0v) is 6.65. The molecule has 2 heterocycles. The molecule has 0 aliphatic carbocycles. The Labute approximate surface area is 74.3 Å². The van der Waals surface area contributed by atoms with E-state index in [4.69, 9.17) is 18.9 Å². The molecule has 0 saturated heterocycles. The van der Waals surface area contributed by atoms with Crippen molar-refractivity contribution in [3.05, 3.63) is 24.7 Å². The largest absolute Gasteiger partial charge is 0.458 e. The second-order valence-corrected chi connectivity index (χ2v) is 2.66. The van der Waals surface area contributed by atoms with Crippen LogP contribution in [0.4, 0.5) is 0 Å². The van der Waals surface area contributed by atoms with E-state index < -0.39 is 0 Å². The Hall–Kier alpha value is -1.84. The van der Waals surface area contributed by atoms with Gasteiger partial charge in [-0.1, -0.05) is 0 Å². The van der Waals surface area contributed by atoms with Crippen molar-refractivity contribution in [1.29, 1.82) is 0 Å². The van der Waals surface area contributed by atoms with Gasteiger partial charge in [0, 0.05) is 12.1 Å². The van der Waals surface area contributed by atoms with Crippen molar-refractivity contribution in [2.45, 2.75) is 0 Å². The molecule has 4 heteroatoms. The summed E-state index contributed by atoms with van der Waals surface area (Å²) in [4.78, 5) is 0. The highest BCUT2D eigenvalue weighted by atomic mass is 16.7. The van der Waals surface area contributed by atoms with Crippen LogP contribution in [0.2, 0.25) is 0 Å². The van der Waals surface area contributed by atoms with Crippen LogP contribution in [0, 0.1) is 0 Å². The first-order chi connectivity index (χ1) is 6.43. The van der Waals surface area contributed by atoms with E-state index >= 15 is 0 Å². The molecule has 0 radical (unpaired) electrons. The molecule has 0 N–H and O–H groups in total. The number of ether oxygens (including phenoxy) is 4. The highest BCUT2D eigenvalue weighted by molar-refractivity contribution is 5.56.